The van der Waals surface area contributed by atoms with Crippen molar-refractivity contribution in [2.24, 2.45) is 5.73 Å². The molecule has 0 spiro atoms. The molecule has 0 aliphatic carbocycles. The second-order valence-electron chi connectivity index (χ2n) is 8.77. The van der Waals surface area contributed by atoms with Crippen LogP contribution in [0.5, 0.6) is 5.75 Å². The SMILES string of the molecule is COc1cccc(-c2cc3c(N4CCC(C(N)=O)(N5CCCCC5)CC4)nccn3n2)c1. The predicted octanol–water partition coefficient (Wildman–Crippen LogP) is 2.72. The van der Waals surface area contributed by atoms with Crippen LogP contribution in [0.15, 0.2) is 42.7 Å². The number of benzene rings is 1. The fraction of sp³-hybridized carbons (Fsp3) is 0.458. The third-order valence-electron chi connectivity index (χ3n) is 7.05. The van der Waals surface area contributed by atoms with Gasteiger partial charge >= 0.3 is 0 Å². The van der Waals surface area contributed by atoms with Gasteiger partial charge in [0.15, 0.2) is 5.82 Å². The van der Waals surface area contributed by atoms with Crippen molar-refractivity contribution in [3.63, 3.8) is 0 Å². The summed E-state index contributed by atoms with van der Waals surface area (Å²) in [6.45, 7) is 3.41. The van der Waals surface area contributed by atoms with Gasteiger partial charge in [-0.15, -0.1) is 0 Å². The number of carbonyl (C=O) groups excluding carboxylic acids is 1. The number of fused-ring (bicyclic) bond motifs is 1. The molecule has 0 bridgehead atoms. The Morgan fingerprint density at radius 2 is 1.88 bits per heavy atom. The molecule has 8 nitrogen and oxygen atoms in total. The van der Waals surface area contributed by atoms with Crippen molar-refractivity contribution in [3.05, 3.63) is 42.7 Å². The number of anilines is 1. The van der Waals surface area contributed by atoms with E-state index >= 15 is 0 Å². The Morgan fingerprint density at radius 1 is 1.09 bits per heavy atom. The summed E-state index contributed by atoms with van der Waals surface area (Å²) in [7, 11) is 1.66. The minimum Gasteiger partial charge on any atom is -0.497 e. The van der Waals surface area contributed by atoms with E-state index in [1.807, 2.05) is 35.0 Å². The minimum atomic E-state index is -0.534. The number of methoxy groups -OCH3 is 1. The molecule has 0 saturated carbocycles. The third-order valence-corrected chi connectivity index (χ3v) is 7.05. The van der Waals surface area contributed by atoms with E-state index in [0.29, 0.717) is 0 Å². The summed E-state index contributed by atoms with van der Waals surface area (Å²) in [5.41, 5.74) is 8.25. The molecule has 2 fully saturated rings. The van der Waals surface area contributed by atoms with Crippen LogP contribution < -0.4 is 15.4 Å². The number of carbonyl (C=O) groups is 1. The number of ether oxygens (including phenoxy) is 1. The molecule has 1 amide bonds. The molecule has 2 aromatic heterocycles. The summed E-state index contributed by atoms with van der Waals surface area (Å²) in [4.78, 5) is 21.9. The molecular formula is C24H30N6O2. The first-order valence-corrected chi connectivity index (χ1v) is 11.4. The second kappa shape index (κ2) is 8.43. The standard InChI is InChI=1S/C24H30N6O2/c1-32-19-7-5-6-18(16-19)20-17-21-22(26-10-15-30(21)27-20)28-13-8-24(9-14-28,23(25)31)29-11-3-2-4-12-29/h5-7,10,15-17H,2-4,8-9,11-14H2,1H3,(H2,25,31). The van der Waals surface area contributed by atoms with Crippen molar-refractivity contribution >= 4 is 17.2 Å². The van der Waals surface area contributed by atoms with Crippen molar-refractivity contribution in [1.82, 2.24) is 19.5 Å². The summed E-state index contributed by atoms with van der Waals surface area (Å²) in [5.74, 6) is 1.51. The molecule has 2 aliphatic rings. The largest absolute Gasteiger partial charge is 0.497 e. The fourth-order valence-corrected chi connectivity index (χ4v) is 5.20. The first kappa shape index (κ1) is 20.8. The maximum atomic E-state index is 12.6. The fourth-order valence-electron chi connectivity index (χ4n) is 5.20. The van der Waals surface area contributed by atoms with Gasteiger partial charge in [-0.2, -0.15) is 5.10 Å². The van der Waals surface area contributed by atoms with Gasteiger partial charge in [-0.05, 0) is 57.0 Å². The monoisotopic (exact) mass is 434 g/mol. The van der Waals surface area contributed by atoms with Gasteiger partial charge in [-0.3, -0.25) is 9.69 Å². The van der Waals surface area contributed by atoms with Crippen LogP contribution in [0.4, 0.5) is 5.82 Å². The molecule has 168 valence electrons. The molecule has 8 heteroatoms. The van der Waals surface area contributed by atoms with E-state index in [9.17, 15) is 4.79 Å². The van der Waals surface area contributed by atoms with E-state index in [2.05, 4.69) is 20.9 Å². The van der Waals surface area contributed by atoms with Crippen LogP contribution in [0.2, 0.25) is 0 Å². The highest BCUT2D eigenvalue weighted by Gasteiger charge is 2.45. The summed E-state index contributed by atoms with van der Waals surface area (Å²) < 4.78 is 7.23. The van der Waals surface area contributed by atoms with Crippen LogP contribution >= 0.6 is 0 Å². The van der Waals surface area contributed by atoms with Crippen molar-refractivity contribution < 1.29 is 9.53 Å². The molecule has 3 aromatic rings. The molecule has 0 unspecified atom stereocenters. The number of nitrogens with zero attached hydrogens (tertiary/aromatic N) is 5. The molecule has 4 heterocycles. The van der Waals surface area contributed by atoms with Gasteiger partial charge in [0.1, 0.15) is 16.8 Å². The van der Waals surface area contributed by atoms with Crippen molar-refractivity contribution in [2.75, 3.05) is 38.2 Å². The lowest BCUT2D eigenvalue weighted by atomic mass is 9.83. The number of nitrogens with two attached hydrogens (primary N) is 1. The zero-order valence-corrected chi connectivity index (χ0v) is 18.5. The van der Waals surface area contributed by atoms with Crippen molar-refractivity contribution in [2.45, 2.75) is 37.6 Å². The lowest BCUT2D eigenvalue weighted by Crippen LogP contribution is -2.63. The number of rotatable bonds is 5. The first-order valence-electron chi connectivity index (χ1n) is 11.4. The van der Waals surface area contributed by atoms with Gasteiger partial charge in [0.2, 0.25) is 5.91 Å². The molecule has 2 saturated heterocycles. The second-order valence-corrected chi connectivity index (χ2v) is 8.77. The first-order chi connectivity index (χ1) is 15.6. The molecule has 2 N–H and O–H groups in total. The Kier molecular flexibility index (Phi) is 5.46. The summed E-state index contributed by atoms with van der Waals surface area (Å²) >= 11 is 0. The number of primary amides is 1. The van der Waals surface area contributed by atoms with Gasteiger partial charge in [0.05, 0.1) is 12.8 Å². The van der Waals surface area contributed by atoms with Crippen molar-refractivity contribution in [1.29, 1.82) is 0 Å². The maximum Gasteiger partial charge on any atom is 0.238 e. The van der Waals surface area contributed by atoms with Crippen molar-refractivity contribution in [3.8, 4) is 17.0 Å². The normalized spacial score (nSPS) is 19.2. The maximum absolute atomic E-state index is 12.6. The van der Waals surface area contributed by atoms with Gasteiger partial charge < -0.3 is 15.4 Å². The lowest BCUT2D eigenvalue weighted by Gasteiger charge is -2.48. The average Bonchev–Trinajstić information content (AvgIpc) is 3.29. The van der Waals surface area contributed by atoms with Crippen LogP contribution in [0.3, 0.4) is 0 Å². The zero-order chi connectivity index (χ0) is 22.1. The van der Waals surface area contributed by atoms with Gasteiger partial charge in [-0.25, -0.2) is 9.50 Å². The molecule has 0 atom stereocenters. The molecule has 5 rings (SSSR count). The van der Waals surface area contributed by atoms with Gasteiger partial charge in [0, 0.05) is 31.0 Å². The van der Waals surface area contributed by atoms with Gasteiger partial charge in [-0.1, -0.05) is 18.6 Å². The quantitative estimate of drug-likeness (QED) is 0.664. The van der Waals surface area contributed by atoms with E-state index < -0.39 is 5.54 Å². The van der Waals surface area contributed by atoms with E-state index in [-0.39, 0.29) is 5.91 Å². The predicted molar refractivity (Wildman–Crippen MR) is 124 cm³/mol. The number of hydrogen-bond acceptors (Lipinski definition) is 6. The summed E-state index contributed by atoms with van der Waals surface area (Å²) in [5, 5.41) is 4.76. The number of amides is 1. The van der Waals surface area contributed by atoms with E-state index in [1.54, 1.807) is 13.3 Å². The minimum absolute atomic E-state index is 0.185. The highest BCUT2D eigenvalue weighted by molar-refractivity contribution is 5.85. The molecule has 32 heavy (non-hydrogen) atoms. The topological polar surface area (TPSA) is 89.0 Å². The molecule has 0 radical (unpaired) electrons. The zero-order valence-electron chi connectivity index (χ0n) is 18.5. The van der Waals surface area contributed by atoms with Gasteiger partial charge in [0.25, 0.3) is 0 Å². The highest BCUT2D eigenvalue weighted by Crippen LogP contribution is 2.34. The van der Waals surface area contributed by atoms with Crippen LogP contribution in [0.25, 0.3) is 16.8 Å². The van der Waals surface area contributed by atoms with E-state index in [4.69, 9.17) is 15.6 Å². The van der Waals surface area contributed by atoms with E-state index in [0.717, 1.165) is 80.2 Å². The average molecular weight is 435 g/mol. The molecular weight excluding hydrogens is 404 g/mol. The number of aromatic nitrogens is 3. The van der Waals surface area contributed by atoms with Crippen LogP contribution in [-0.2, 0) is 4.79 Å². The Bertz CT molecular complexity index is 1110. The molecule has 2 aliphatic heterocycles. The highest BCUT2D eigenvalue weighted by atomic mass is 16.5. The van der Waals surface area contributed by atoms with Crippen LogP contribution in [0, 0.1) is 0 Å². The lowest BCUT2D eigenvalue weighted by molar-refractivity contribution is -0.132. The van der Waals surface area contributed by atoms with E-state index in [1.165, 1.54) is 6.42 Å². The Balaban J connectivity index is 1.42. The number of likely N-dealkylation sites (tertiary alicyclic amines) is 1. The Morgan fingerprint density at radius 3 is 2.59 bits per heavy atom. The Labute approximate surface area is 188 Å². The Hall–Kier alpha value is -3.13. The smallest absolute Gasteiger partial charge is 0.238 e. The summed E-state index contributed by atoms with van der Waals surface area (Å²) in [6, 6.07) is 9.96. The van der Waals surface area contributed by atoms with Crippen LogP contribution in [-0.4, -0.2) is 64.2 Å². The number of hydrogen-bond donors (Lipinski definition) is 1. The number of piperidine rings is 2. The van der Waals surface area contributed by atoms with Crippen LogP contribution in [0.1, 0.15) is 32.1 Å². The molecule has 1 aromatic carbocycles. The summed E-state index contributed by atoms with van der Waals surface area (Å²) in [6.07, 6.45) is 8.62. The third kappa shape index (κ3) is 3.58.